The van der Waals surface area contributed by atoms with Crippen LogP contribution >= 0.6 is 11.6 Å². The number of carbonyl (C=O) groups is 2. The van der Waals surface area contributed by atoms with Gasteiger partial charge in [-0.1, -0.05) is 107 Å². The molecule has 4 nitrogen and oxygen atoms in total. The van der Waals surface area contributed by atoms with E-state index in [1.54, 1.807) is 6.07 Å². The quantitative estimate of drug-likeness (QED) is 0.139. The normalized spacial score (nSPS) is 9.62. The lowest BCUT2D eigenvalue weighted by Gasteiger charge is -2.10. The SMILES string of the molecule is C.CC(=O)Cl.CCCc1cc(-c2ccccc2)ccc1O.CCCc1cc(-c2ccccc2)ccc1OC(C)=O. The number of rotatable bonds is 7. The molecule has 0 unspecified atom stereocenters. The maximum absolute atomic E-state index is 11.1. The lowest BCUT2D eigenvalue weighted by atomic mass is 10.0. The number of aromatic hydroxyl groups is 1. The minimum atomic E-state index is -0.361. The van der Waals surface area contributed by atoms with Crippen molar-refractivity contribution < 1.29 is 19.4 Å². The van der Waals surface area contributed by atoms with Gasteiger partial charge in [0.2, 0.25) is 5.24 Å². The molecule has 0 aliphatic carbocycles. The second-order valence-corrected chi connectivity index (χ2v) is 9.49. The second kappa shape index (κ2) is 18.4. The van der Waals surface area contributed by atoms with Crippen LogP contribution in [0.3, 0.4) is 0 Å². The fourth-order valence-electron chi connectivity index (χ4n) is 3.97. The summed E-state index contributed by atoms with van der Waals surface area (Å²) in [4.78, 5) is 20.3. The molecule has 0 aliphatic heterocycles. The molecule has 0 amide bonds. The van der Waals surface area contributed by atoms with Crippen molar-refractivity contribution in [3.63, 3.8) is 0 Å². The number of ether oxygens (including phenoxy) is 1. The molecule has 212 valence electrons. The van der Waals surface area contributed by atoms with E-state index in [4.69, 9.17) is 4.74 Å². The zero-order chi connectivity index (χ0) is 28.6. The van der Waals surface area contributed by atoms with Crippen LogP contribution in [-0.2, 0) is 22.4 Å². The predicted octanol–water partition coefficient (Wildman–Crippen LogP) is 9.65. The van der Waals surface area contributed by atoms with Gasteiger partial charge in [-0.15, -0.1) is 0 Å². The fourth-order valence-corrected chi connectivity index (χ4v) is 3.97. The van der Waals surface area contributed by atoms with E-state index in [-0.39, 0.29) is 18.6 Å². The zero-order valence-corrected chi connectivity index (χ0v) is 23.9. The van der Waals surface area contributed by atoms with Crippen molar-refractivity contribution in [2.24, 2.45) is 0 Å². The number of phenolic OH excluding ortho intramolecular Hbond substituents is 1. The molecular formula is C35H41ClO4. The topological polar surface area (TPSA) is 63.6 Å². The monoisotopic (exact) mass is 560 g/mol. The minimum Gasteiger partial charge on any atom is -0.508 e. The second-order valence-electron chi connectivity index (χ2n) is 8.96. The number of benzene rings is 4. The van der Waals surface area contributed by atoms with Gasteiger partial charge in [0.1, 0.15) is 11.5 Å². The Balaban J connectivity index is 0.000000349. The molecule has 0 spiro atoms. The molecule has 0 aliphatic rings. The lowest BCUT2D eigenvalue weighted by molar-refractivity contribution is -0.131. The number of hydrogen-bond donors (Lipinski definition) is 1. The van der Waals surface area contributed by atoms with E-state index in [2.05, 4.69) is 61.8 Å². The molecule has 0 radical (unpaired) electrons. The van der Waals surface area contributed by atoms with Gasteiger partial charge in [-0.2, -0.15) is 0 Å². The summed E-state index contributed by atoms with van der Waals surface area (Å²) in [5, 5.41) is 9.35. The summed E-state index contributed by atoms with van der Waals surface area (Å²) >= 11 is 4.64. The molecule has 0 bridgehead atoms. The van der Waals surface area contributed by atoms with E-state index in [0.717, 1.165) is 42.4 Å². The van der Waals surface area contributed by atoms with Crippen LogP contribution < -0.4 is 4.74 Å². The molecule has 4 aromatic rings. The van der Waals surface area contributed by atoms with Crippen molar-refractivity contribution in [3.8, 4) is 33.8 Å². The van der Waals surface area contributed by atoms with Crippen LogP contribution in [0.5, 0.6) is 11.5 Å². The van der Waals surface area contributed by atoms with Gasteiger partial charge in [-0.05, 0) is 82.1 Å². The Bertz CT molecular complexity index is 1310. The van der Waals surface area contributed by atoms with E-state index >= 15 is 0 Å². The molecule has 0 saturated carbocycles. The highest BCUT2D eigenvalue weighted by Gasteiger charge is 2.08. The predicted molar refractivity (Wildman–Crippen MR) is 168 cm³/mol. The summed E-state index contributed by atoms with van der Waals surface area (Å²) < 4.78 is 5.25. The first-order chi connectivity index (χ1) is 18.7. The Morgan fingerprint density at radius 2 is 1.10 bits per heavy atom. The van der Waals surface area contributed by atoms with Crippen LogP contribution in [0.25, 0.3) is 22.3 Å². The largest absolute Gasteiger partial charge is 0.508 e. The first kappa shape index (κ1) is 34.1. The first-order valence-electron chi connectivity index (χ1n) is 13.1. The summed E-state index contributed by atoms with van der Waals surface area (Å²) in [6.45, 7) is 6.96. The molecule has 0 heterocycles. The smallest absolute Gasteiger partial charge is 0.308 e. The Hall–Kier alpha value is -3.89. The third-order valence-corrected chi connectivity index (χ3v) is 5.65. The van der Waals surface area contributed by atoms with E-state index in [1.807, 2.05) is 54.6 Å². The van der Waals surface area contributed by atoms with E-state index in [9.17, 15) is 14.7 Å². The van der Waals surface area contributed by atoms with Gasteiger partial charge in [0.15, 0.2) is 0 Å². The van der Waals surface area contributed by atoms with Gasteiger partial charge in [0, 0.05) is 13.8 Å². The maximum Gasteiger partial charge on any atom is 0.308 e. The Labute approximate surface area is 244 Å². The summed E-state index contributed by atoms with van der Waals surface area (Å²) in [5.74, 6) is 0.806. The van der Waals surface area contributed by atoms with Gasteiger partial charge >= 0.3 is 5.97 Å². The van der Waals surface area contributed by atoms with Crippen molar-refractivity contribution in [2.45, 2.75) is 60.8 Å². The van der Waals surface area contributed by atoms with Crippen molar-refractivity contribution in [3.05, 3.63) is 108 Å². The van der Waals surface area contributed by atoms with Crippen LogP contribution in [0.15, 0.2) is 97.1 Å². The van der Waals surface area contributed by atoms with E-state index in [0.29, 0.717) is 11.5 Å². The molecule has 0 fully saturated rings. The third kappa shape index (κ3) is 11.9. The van der Waals surface area contributed by atoms with E-state index < -0.39 is 0 Å². The van der Waals surface area contributed by atoms with Crippen LogP contribution in [0.4, 0.5) is 0 Å². The van der Waals surface area contributed by atoms with Crippen LogP contribution in [0.1, 0.15) is 59.1 Å². The summed E-state index contributed by atoms with van der Waals surface area (Å²) in [6, 6.07) is 32.3. The van der Waals surface area contributed by atoms with Crippen LogP contribution in [-0.4, -0.2) is 16.3 Å². The molecular weight excluding hydrogens is 520 g/mol. The standard InChI is InChI=1S/C17H18O2.C15H16O.C2H3ClO.CH4/c1-3-7-16-12-15(14-8-5-4-6-9-14)10-11-17(16)19-13(2)18;1-2-6-14-11-13(9-10-15(14)16)12-7-4-3-5-8-12;1-2(3)4;/h4-6,8-12H,3,7H2,1-2H3;3-5,7-11,16H,2,6H2,1H3;1H3;1H4. The number of hydrogen-bond acceptors (Lipinski definition) is 4. The maximum atomic E-state index is 11.1. The summed E-state index contributed by atoms with van der Waals surface area (Å²) in [6.07, 6.45) is 3.90. The number of aryl methyl sites for hydroxylation is 2. The van der Waals surface area contributed by atoms with Crippen molar-refractivity contribution in [1.82, 2.24) is 0 Å². The molecule has 5 heteroatoms. The number of esters is 1. The van der Waals surface area contributed by atoms with Gasteiger partial charge in [0.05, 0.1) is 0 Å². The van der Waals surface area contributed by atoms with Crippen LogP contribution in [0.2, 0.25) is 0 Å². The van der Waals surface area contributed by atoms with Crippen molar-refractivity contribution in [2.75, 3.05) is 0 Å². The molecule has 4 aromatic carbocycles. The van der Waals surface area contributed by atoms with Gasteiger partial charge in [-0.25, -0.2) is 0 Å². The molecule has 0 saturated heterocycles. The molecule has 0 atom stereocenters. The number of carbonyl (C=O) groups excluding carboxylic acids is 2. The Morgan fingerprint density at radius 3 is 1.55 bits per heavy atom. The third-order valence-electron chi connectivity index (χ3n) is 5.65. The summed E-state index contributed by atoms with van der Waals surface area (Å²) in [5.41, 5.74) is 6.80. The fraction of sp³-hybridized carbons (Fsp3) is 0.257. The molecule has 0 aromatic heterocycles. The highest BCUT2D eigenvalue weighted by Crippen LogP contribution is 2.28. The Morgan fingerprint density at radius 1 is 0.675 bits per heavy atom. The highest BCUT2D eigenvalue weighted by molar-refractivity contribution is 6.62. The summed E-state index contributed by atoms with van der Waals surface area (Å²) in [7, 11) is 0. The van der Waals surface area contributed by atoms with Crippen LogP contribution in [0, 0.1) is 0 Å². The average molecular weight is 561 g/mol. The van der Waals surface area contributed by atoms with Crippen molar-refractivity contribution in [1.29, 1.82) is 0 Å². The van der Waals surface area contributed by atoms with Gasteiger partial charge < -0.3 is 9.84 Å². The molecule has 40 heavy (non-hydrogen) atoms. The molecule has 1 N–H and O–H groups in total. The van der Waals surface area contributed by atoms with Crippen molar-refractivity contribution >= 4 is 22.8 Å². The Kier molecular flexibility index (Phi) is 15.7. The first-order valence-corrected chi connectivity index (χ1v) is 13.5. The molecule has 4 rings (SSSR count). The minimum absolute atomic E-state index is 0. The highest BCUT2D eigenvalue weighted by atomic mass is 35.5. The van der Waals surface area contributed by atoms with Gasteiger partial charge in [-0.3, -0.25) is 9.59 Å². The number of halogens is 1. The number of phenols is 1. The van der Waals surface area contributed by atoms with E-state index in [1.165, 1.54) is 30.5 Å². The average Bonchev–Trinajstić information content (AvgIpc) is 2.92. The van der Waals surface area contributed by atoms with Gasteiger partial charge in [0.25, 0.3) is 0 Å². The zero-order valence-electron chi connectivity index (χ0n) is 23.1. The lowest BCUT2D eigenvalue weighted by Crippen LogP contribution is -2.04.